The molecule has 1 saturated carbocycles. The van der Waals surface area contributed by atoms with Gasteiger partial charge in [0.15, 0.2) is 17.3 Å². The number of rotatable bonds is 10. The highest BCUT2D eigenvalue weighted by molar-refractivity contribution is 6.31. The van der Waals surface area contributed by atoms with Gasteiger partial charge in [-0.25, -0.2) is 8.78 Å². The Bertz CT molecular complexity index is 2360. The molecule has 18 heteroatoms. The third-order valence-electron chi connectivity index (χ3n) is 13.4. The normalized spacial score (nSPS) is 23.7. The number of piperazine rings is 1. The first-order valence-corrected chi connectivity index (χ1v) is 21.3. The van der Waals surface area contributed by atoms with Crippen LogP contribution in [0.3, 0.4) is 0 Å². The van der Waals surface area contributed by atoms with Gasteiger partial charge in [0.1, 0.15) is 35.5 Å². The number of nitriles is 1. The Kier molecular flexibility index (Phi) is 11.4. The van der Waals surface area contributed by atoms with E-state index in [1.165, 1.54) is 0 Å². The van der Waals surface area contributed by atoms with E-state index in [-0.39, 0.29) is 42.3 Å². The number of ether oxygens (including phenoxy) is 1. The van der Waals surface area contributed by atoms with E-state index in [1.54, 1.807) is 29.2 Å². The summed E-state index contributed by atoms with van der Waals surface area (Å²) in [4.78, 5) is 70.4. The molecule has 2 aromatic carbocycles. The summed E-state index contributed by atoms with van der Waals surface area (Å²) >= 11 is 6.23. The fourth-order valence-corrected chi connectivity index (χ4v) is 10.5. The van der Waals surface area contributed by atoms with Crippen molar-refractivity contribution in [3.63, 3.8) is 0 Å². The van der Waals surface area contributed by atoms with E-state index in [1.807, 2.05) is 39.8 Å². The predicted molar refractivity (Wildman–Crippen MR) is 223 cm³/mol. The smallest absolute Gasteiger partial charge is 0.272 e. The lowest BCUT2D eigenvalue weighted by molar-refractivity contribution is -0.164. The van der Waals surface area contributed by atoms with Crippen LogP contribution >= 0.6 is 11.6 Å². The fraction of sp³-hybridized carbons (Fsp3) is 0.500. The lowest BCUT2D eigenvalue weighted by atomic mass is 9.49. The predicted octanol–water partition coefficient (Wildman–Crippen LogP) is 4.72. The van der Waals surface area contributed by atoms with Gasteiger partial charge in [0.05, 0.1) is 21.7 Å². The third-order valence-corrected chi connectivity index (χ3v) is 13.7. The quantitative estimate of drug-likeness (QED) is 0.268. The SMILES string of the molecule is CC1(C)[C@H](NC(=O)c2ccc(N3CCC(CCN4CCN(c5c(F)cc6c(c5F)C(=O)N(C5CCC(=O)NC5=O)C6=O)CC4)CC3)nn2)C(C)(C)[C@H]1Oc1ccc(C#N)c(Cl)c1. The number of fused-ring (bicyclic) bond motifs is 1. The van der Waals surface area contributed by atoms with Crippen LogP contribution in [0.25, 0.3) is 0 Å². The molecule has 0 radical (unpaired) electrons. The molecule has 326 valence electrons. The summed E-state index contributed by atoms with van der Waals surface area (Å²) in [7, 11) is 0. The summed E-state index contributed by atoms with van der Waals surface area (Å²) in [6, 6.07) is 9.94. The van der Waals surface area contributed by atoms with E-state index < -0.39 is 63.3 Å². The number of benzene rings is 2. The first-order valence-electron chi connectivity index (χ1n) is 21.0. The minimum atomic E-state index is -1.28. The Balaban J connectivity index is 0.789. The molecule has 1 unspecified atom stereocenters. The monoisotopic (exact) mass is 871 g/mol. The number of anilines is 2. The Morgan fingerprint density at radius 3 is 2.27 bits per heavy atom. The van der Waals surface area contributed by atoms with Gasteiger partial charge in [0.25, 0.3) is 17.7 Å². The number of nitrogens with zero attached hydrogens (tertiary/aromatic N) is 7. The van der Waals surface area contributed by atoms with Crippen molar-refractivity contribution < 1.29 is 37.5 Å². The van der Waals surface area contributed by atoms with Crippen molar-refractivity contribution in [1.82, 2.24) is 30.6 Å². The van der Waals surface area contributed by atoms with Crippen LogP contribution < -0.4 is 25.2 Å². The molecular formula is C44H48ClF2N9O6. The molecule has 0 spiro atoms. The maximum atomic E-state index is 16.0. The molecule has 62 heavy (non-hydrogen) atoms. The summed E-state index contributed by atoms with van der Waals surface area (Å²) in [5, 5.41) is 23.5. The van der Waals surface area contributed by atoms with E-state index >= 15 is 8.78 Å². The summed E-state index contributed by atoms with van der Waals surface area (Å²) in [5.41, 5.74) is -1.60. The second-order valence-electron chi connectivity index (χ2n) is 18.0. The third kappa shape index (κ3) is 7.72. The van der Waals surface area contributed by atoms with Crippen LogP contribution in [0.2, 0.25) is 5.02 Å². The van der Waals surface area contributed by atoms with Crippen LogP contribution in [0.5, 0.6) is 5.75 Å². The average molecular weight is 872 g/mol. The zero-order valence-corrected chi connectivity index (χ0v) is 35.7. The van der Waals surface area contributed by atoms with Crippen LogP contribution in [0, 0.1) is 39.7 Å². The van der Waals surface area contributed by atoms with Gasteiger partial charge in [-0.2, -0.15) is 5.26 Å². The van der Waals surface area contributed by atoms with Crippen molar-refractivity contribution in [2.75, 3.05) is 55.6 Å². The largest absolute Gasteiger partial charge is 0.489 e. The number of carbonyl (C=O) groups is 5. The van der Waals surface area contributed by atoms with Gasteiger partial charge >= 0.3 is 0 Å². The number of imide groups is 2. The number of hydrogen-bond donors (Lipinski definition) is 2. The number of hydrogen-bond acceptors (Lipinski definition) is 12. The molecular weight excluding hydrogens is 824 g/mol. The molecule has 3 saturated heterocycles. The highest BCUT2D eigenvalue weighted by Crippen LogP contribution is 2.55. The van der Waals surface area contributed by atoms with Crippen molar-refractivity contribution in [3.05, 3.63) is 75.4 Å². The van der Waals surface area contributed by atoms with Gasteiger partial charge in [-0.05, 0) is 68.5 Å². The van der Waals surface area contributed by atoms with Crippen LogP contribution in [0.15, 0.2) is 36.4 Å². The van der Waals surface area contributed by atoms with Crippen molar-refractivity contribution in [3.8, 4) is 11.8 Å². The fourth-order valence-electron chi connectivity index (χ4n) is 10.3. The Labute approximate surface area is 362 Å². The standard InChI is InChI=1S/C44H48ClF2N9O6/c1-43(2)41(44(3,4)42(43)62-26-6-5-25(23-48)28(45)21-26)50-37(58)30-7-9-32(52-51-30)54-15-12-24(13-16-54)11-14-53-17-19-55(20-18-53)36-29(46)22-27-34(35(36)47)40(61)56(39(27)60)31-8-10-33(57)49-38(31)59/h5-7,9,21-22,24,31,41-42H,8,10-20H2,1-4H3,(H,50,58)(H,49,57,59)/t31?,41-,42-. The molecule has 4 aliphatic heterocycles. The number of aromatic nitrogens is 2. The van der Waals surface area contributed by atoms with E-state index in [2.05, 4.69) is 30.6 Å². The van der Waals surface area contributed by atoms with Crippen LogP contribution in [-0.4, -0.2) is 114 Å². The molecule has 5 heterocycles. The summed E-state index contributed by atoms with van der Waals surface area (Å²) in [5.74, 6) is -3.98. The van der Waals surface area contributed by atoms with Crippen LogP contribution in [0.1, 0.15) is 96.6 Å². The summed E-state index contributed by atoms with van der Waals surface area (Å²) in [6.45, 7) is 12.3. The van der Waals surface area contributed by atoms with Gasteiger partial charge in [-0.1, -0.05) is 39.3 Å². The molecule has 4 fully saturated rings. The number of carbonyl (C=O) groups excluding carboxylic acids is 5. The minimum absolute atomic E-state index is 0.0818. The van der Waals surface area contributed by atoms with Gasteiger partial charge in [0.2, 0.25) is 11.8 Å². The molecule has 15 nitrogen and oxygen atoms in total. The van der Waals surface area contributed by atoms with Gasteiger partial charge in [0, 0.05) is 68.6 Å². The average Bonchev–Trinajstić information content (AvgIpc) is 3.49. The van der Waals surface area contributed by atoms with Crippen molar-refractivity contribution >= 4 is 52.6 Å². The van der Waals surface area contributed by atoms with Gasteiger partial charge in [-0.3, -0.25) is 39.1 Å². The Morgan fingerprint density at radius 2 is 1.65 bits per heavy atom. The number of halogens is 3. The van der Waals surface area contributed by atoms with Crippen molar-refractivity contribution in [2.24, 2.45) is 16.7 Å². The van der Waals surface area contributed by atoms with E-state index in [0.717, 1.165) is 45.0 Å². The minimum Gasteiger partial charge on any atom is -0.489 e. The molecule has 5 aliphatic rings. The molecule has 5 amide bonds. The lowest BCUT2D eigenvalue weighted by Crippen LogP contribution is -2.74. The number of nitrogens with one attached hydrogen (secondary N) is 2. The van der Waals surface area contributed by atoms with E-state index in [9.17, 15) is 29.2 Å². The number of piperidine rings is 2. The molecule has 1 aliphatic carbocycles. The highest BCUT2D eigenvalue weighted by atomic mass is 35.5. The number of amides is 5. The first kappa shape index (κ1) is 42.9. The zero-order valence-electron chi connectivity index (χ0n) is 35.0. The molecule has 2 N–H and O–H groups in total. The summed E-state index contributed by atoms with van der Waals surface area (Å²) in [6.07, 6.45) is 2.44. The summed E-state index contributed by atoms with van der Waals surface area (Å²) < 4.78 is 37.7. The van der Waals surface area contributed by atoms with Gasteiger partial charge < -0.3 is 19.9 Å². The molecule has 1 atom stereocenters. The van der Waals surface area contributed by atoms with Crippen molar-refractivity contribution in [1.29, 1.82) is 5.26 Å². The lowest BCUT2D eigenvalue weighted by Gasteiger charge is -2.63. The Hall–Kier alpha value is -5.73. The molecule has 3 aromatic rings. The maximum absolute atomic E-state index is 16.0. The van der Waals surface area contributed by atoms with E-state index in [4.69, 9.17) is 16.3 Å². The van der Waals surface area contributed by atoms with Crippen molar-refractivity contribution in [2.45, 2.75) is 78.0 Å². The maximum Gasteiger partial charge on any atom is 0.272 e. The zero-order chi connectivity index (χ0) is 44.2. The molecule has 0 bridgehead atoms. The van der Waals surface area contributed by atoms with Crippen LogP contribution in [0.4, 0.5) is 20.3 Å². The van der Waals surface area contributed by atoms with E-state index in [0.29, 0.717) is 59.2 Å². The second kappa shape index (κ2) is 16.5. The molecule has 8 rings (SSSR count). The molecule has 1 aromatic heterocycles. The topological polar surface area (TPSA) is 181 Å². The Morgan fingerprint density at radius 1 is 0.935 bits per heavy atom. The highest BCUT2D eigenvalue weighted by Gasteiger charge is 2.64. The second-order valence-corrected chi connectivity index (χ2v) is 18.4. The van der Waals surface area contributed by atoms with Crippen LogP contribution in [-0.2, 0) is 9.59 Å². The first-order chi connectivity index (χ1) is 29.5. The van der Waals surface area contributed by atoms with Gasteiger partial charge in [-0.15, -0.1) is 10.2 Å².